The number of rotatable bonds is 5. The third-order valence-electron chi connectivity index (χ3n) is 3.47. The van der Waals surface area contributed by atoms with Crippen molar-refractivity contribution in [2.75, 3.05) is 0 Å². The van der Waals surface area contributed by atoms with Crippen LogP contribution in [0.5, 0.6) is 5.75 Å². The minimum Gasteiger partial charge on any atom is -0.432 e. The highest BCUT2D eigenvalue weighted by Gasteiger charge is 2.25. The number of hydrogen-bond acceptors (Lipinski definition) is 4. The third kappa shape index (κ3) is 4.34. The van der Waals surface area contributed by atoms with Gasteiger partial charge in [0.1, 0.15) is 0 Å². The highest BCUT2D eigenvalue weighted by Crippen LogP contribution is 2.24. The fraction of sp³-hybridized carbons (Fsp3) is 0.538. The molecule has 1 aliphatic carbocycles. The van der Waals surface area contributed by atoms with Crippen molar-refractivity contribution >= 4 is 10.0 Å². The van der Waals surface area contributed by atoms with Gasteiger partial charge in [0.2, 0.25) is 10.0 Å². The van der Waals surface area contributed by atoms with Crippen molar-refractivity contribution in [2.45, 2.75) is 49.3 Å². The van der Waals surface area contributed by atoms with E-state index in [9.17, 15) is 21.6 Å². The largest absolute Gasteiger partial charge is 0.432 e. The number of halogens is 3. The van der Waals surface area contributed by atoms with Crippen LogP contribution in [0.1, 0.15) is 25.7 Å². The molecule has 2 unspecified atom stereocenters. The molecule has 0 heterocycles. The maximum absolute atomic E-state index is 13.6. The Morgan fingerprint density at radius 3 is 2.64 bits per heavy atom. The molecule has 0 aliphatic heterocycles. The predicted octanol–water partition coefficient (Wildman–Crippen LogP) is 1.98. The normalized spacial score (nSPS) is 22.8. The molecule has 9 heteroatoms. The molecule has 5 nitrogen and oxygen atoms in total. The molecule has 22 heavy (non-hydrogen) atoms. The summed E-state index contributed by atoms with van der Waals surface area (Å²) in [5, 5.41) is 0. The van der Waals surface area contributed by atoms with E-state index in [1.807, 2.05) is 0 Å². The molecule has 1 aromatic carbocycles. The molecule has 1 saturated carbocycles. The highest BCUT2D eigenvalue weighted by atomic mass is 32.2. The summed E-state index contributed by atoms with van der Waals surface area (Å²) in [5.41, 5.74) is 5.79. The van der Waals surface area contributed by atoms with Crippen LogP contribution in [0.15, 0.2) is 23.1 Å². The van der Waals surface area contributed by atoms with Gasteiger partial charge in [-0.2, -0.15) is 8.78 Å². The van der Waals surface area contributed by atoms with Gasteiger partial charge in [0.25, 0.3) is 0 Å². The average molecular weight is 338 g/mol. The smallest absolute Gasteiger partial charge is 0.387 e. The molecular formula is C13H17F3N2O3S. The van der Waals surface area contributed by atoms with E-state index in [2.05, 4.69) is 9.46 Å². The number of nitrogens with one attached hydrogen (secondary N) is 1. The average Bonchev–Trinajstić information content (AvgIpc) is 2.40. The lowest BCUT2D eigenvalue weighted by Crippen LogP contribution is -2.42. The van der Waals surface area contributed by atoms with Gasteiger partial charge in [0, 0.05) is 12.1 Å². The van der Waals surface area contributed by atoms with Gasteiger partial charge in [-0.05, 0) is 37.5 Å². The molecule has 2 atom stereocenters. The van der Waals surface area contributed by atoms with E-state index in [0.29, 0.717) is 18.9 Å². The van der Waals surface area contributed by atoms with Crippen LogP contribution in [0.25, 0.3) is 0 Å². The van der Waals surface area contributed by atoms with E-state index in [-0.39, 0.29) is 17.0 Å². The maximum Gasteiger partial charge on any atom is 0.387 e. The second-order valence-electron chi connectivity index (χ2n) is 5.22. The summed E-state index contributed by atoms with van der Waals surface area (Å²) >= 11 is 0. The molecule has 0 aromatic heterocycles. The summed E-state index contributed by atoms with van der Waals surface area (Å²) in [6.45, 7) is -3.18. The molecule has 0 radical (unpaired) electrons. The minimum atomic E-state index is -3.94. The number of ether oxygens (including phenoxy) is 1. The molecule has 1 fully saturated rings. The number of sulfonamides is 1. The Balaban J connectivity index is 2.13. The summed E-state index contributed by atoms with van der Waals surface area (Å²) < 4.78 is 68.5. The highest BCUT2D eigenvalue weighted by molar-refractivity contribution is 7.89. The van der Waals surface area contributed by atoms with Crippen LogP contribution in [0.2, 0.25) is 0 Å². The lowest BCUT2D eigenvalue weighted by atomic mass is 9.92. The van der Waals surface area contributed by atoms with Gasteiger partial charge in [-0.25, -0.2) is 17.5 Å². The fourth-order valence-corrected chi connectivity index (χ4v) is 3.76. The van der Waals surface area contributed by atoms with Crippen molar-refractivity contribution in [3.8, 4) is 5.75 Å². The maximum atomic E-state index is 13.6. The monoisotopic (exact) mass is 338 g/mol. The van der Waals surface area contributed by atoms with Crippen LogP contribution in [-0.2, 0) is 10.0 Å². The van der Waals surface area contributed by atoms with E-state index >= 15 is 0 Å². The Kier molecular flexibility index (Phi) is 5.30. The summed E-state index contributed by atoms with van der Waals surface area (Å²) in [6.07, 6.45) is 2.81. The molecule has 0 bridgehead atoms. The van der Waals surface area contributed by atoms with Crippen LogP contribution in [0, 0.1) is 5.82 Å². The van der Waals surface area contributed by atoms with Gasteiger partial charge in [-0.1, -0.05) is 6.42 Å². The first-order valence-electron chi connectivity index (χ1n) is 6.80. The zero-order valence-corrected chi connectivity index (χ0v) is 12.5. The first-order valence-corrected chi connectivity index (χ1v) is 8.28. The predicted molar refractivity (Wildman–Crippen MR) is 73.6 cm³/mol. The van der Waals surface area contributed by atoms with Crippen LogP contribution in [0.4, 0.5) is 13.2 Å². The van der Waals surface area contributed by atoms with Gasteiger partial charge in [0.15, 0.2) is 11.6 Å². The number of nitrogens with two attached hydrogens (primary N) is 1. The molecule has 0 spiro atoms. The lowest BCUT2D eigenvalue weighted by molar-refractivity contribution is -0.0522. The first kappa shape index (κ1) is 17.0. The van der Waals surface area contributed by atoms with E-state index < -0.39 is 28.2 Å². The number of alkyl halides is 2. The van der Waals surface area contributed by atoms with Crippen molar-refractivity contribution in [1.29, 1.82) is 0 Å². The van der Waals surface area contributed by atoms with Gasteiger partial charge >= 0.3 is 6.61 Å². The SMILES string of the molecule is NC1CCCC(NS(=O)(=O)c2ccc(OC(F)F)c(F)c2)C1. The molecule has 1 aromatic rings. The molecule has 0 amide bonds. The molecular weight excluding hydrogens is 321 g/mol. The molecule has 124 valence electrons. The zero-order valence-electron chi connectivity index (χ0n) is 11.6. The Labute approximate surface area is 126 Å². The summed E-state index contributed by atoms with van der Waals surface area (Å²) in [4.78, 5) is -0.342. The molecule has 1 aliphatic rings. The number of benzene rings is 1. The Hall–Kier alpha value is -1.32. The quantitative estimate of drug-likeness (QED) is 0.860. The lowest BCUT2D eigenvalue weighted by Gasteiger charge is -2.27. The Bertz CT molecular complexity index is 625. The van der Waals surface area contributed by atoms with Gasteiger partial charge in [-0.15, -0.1) is 0 Å². The second-order valence-corrected chi connectivity index (χ2v) is 6.93. The van der Waals surface area contributed by atoms with E-state index in [4.69, 9.17) is 5.73 Å². The van der Waals surface area contributed by atoms with E-state index in [0.717, 1.165) is 25.0 Å². The first-order chi connectivity index (χ1) is 10.3. The van der Waals surface area contributed by atoms with Crippen LogP contribution >= 0.6 is 0 Å². The van der Waals surface area contributed by atoms with E-state index in [1.54, 1.807) is 0 Å². The minimum absolute atomic E-state index is 0.0694. The van der Waals surface area contributed by atoms with Gasteiger partial charge < -0.3 is 10.5 Å². The molecule has 3 N–H and O–H groups in total. The standard InChI is InChI=1S/C13H17F3N2O3S/c14-11-7-10(4-5-12(11)21-13(15)16)22(19,20)18-9-3-1-2-8(17)6-9/h4-5,7-9,13,18H,1-3,6,17H2. The fourth-order valence-electron chi connectivity index (χ4n) is 2.46. The van der Waals surface area contributed by atoms with Crippen molar-refractivity contribution < 1.29 is 26.3 Å². The summed E-state index contributed by atoms with van der Waals surface area (Å²) in [7, 11) is -3.94. The molecule has 2 rings (SSSR count). The van der Waals surface area contributed by atoms with Crippen molar-refractivity contribution in [3.63, 3.8) is 0 Å². The van der Waals surface area contributed by atoms with Crippen LogP contribution in [-0.4, -0.2) is 27.1 Å². The van der Waals surface area contributed by atoms with E-state index in [1.165, 1.54) is 0 Å². The topological polar surface area (TPSA) is 81.4 Å². The number of hydrogen-bond donors (Lipinski definition) is 2. The van der Waals surface area contributed by atoms with Crippen molar-refractivity contribution in [2.24, 2.45) is 5.73 Å². The van der Waals surface area contributed by atoms with Gasteiger partial charge in [-0.3, -0.25) is 0 Å². The van der Waals surface area contributed by atoms with Gasteiger partial charge in [0.05, 0.1) is 4.90 Å². The van der Waals surface area contributed by atoms with Crippen LogP contribution in [0.3, 0.4) is 0 Å². The zero-order chi connectivity index (χ0) is 16.3. The summed E-state index contributed by atoms with van der Waals surface area (Å²) in [5.74, 6) is -1.86. The Morgan fingerprint density at radius 1 is 1.32 bits per heavy atom. The molecule has 0 saturated heterocycles. The van der Waals surface area contributed by atoms with Crippen molar-refractivity contribution in [3.05, 3.63) is 24.0 Å². The van der Waals surface area contributed by atoms with Crippen LogP contribution < -0.4 is 15.2 Å². The second kappa shape index (κ2) is 6.84. The summed E-state index contributed by atoms with van der Waals surface area (Å²) in [6, 6.07) is 2.16. The Morgan fingerprint density at radius 2 is 2.05 bits per heavy atom. The van der Waals surface area contributed by atoms with Crippen molar-refractivity contribution in [1.82, 2.24) is 4.72 Å². The third-order valence-corrected chi connectivity index (χ3v) is 4.98.